The van der Waals surface area contributed by atoms with E-state index in [4.69, 9.17) is 4.74 Å². The standard InChI is InChI=1S/C15H14N2OS/c1-10-8-14(12(9-16)11(2)17-10)18-13-6-4-5-7-15(13)19-3/h4-8H,1-3H3. The lowest BCUT2D eigenvalue weighted by Gasteiger charge is -2.12. The van der Waals surface area contributed by atoms with Crippen LogP contribution in [0.2, 0.25) is 0 Å². The highest BCUT2D eigenvalue weighted by molar-refractivity contribution is 7.98. The molecule has 0 saturated heterocycles. The van der Waals surface area contributed by atoms with Crippen molar-refractivity contribution in [2.45, 2.75) is 18.7 Å². The zero-order valence-electron chi connectivity index (χ0n) is 11.1. The van der Waals surface area contributed by atoms with Gasteiger partial charge in [0.25, 0.3) is 0 Å². The molecular formula is C15H14N2OS. The number of hydrogen-bond donors (Lipinski definition) is 0. The minimum absolute atomic E-state index is 0.488. The smallest absolute Gasteiger partial charge is 0.148 e. The van der Waals surface area contributed by atoms with Crippen molar-refractivity contribution in [1.82, 2.24) is 4.98 Å². The van der Waals surface area contributed by atoms with Crippen LogP contribution in [0.1, 0.15) is 17.0 Å². The van der Waals surface area contributed by atoms with E-state index in [-0.39, 0.29) is 0 Å². The summed E-state index contributed by atoms with van der Waals surface area (Å²) in [5.41, 5.74) is 2.02. The van der Waals surface area contributed by atoms with E-state index in [9.17, 15) is 5.26 Å². The first-order valence-corrected chi connectivity index (χ1v) is 7.07. The van der Waals surface area contributed by atoms with Gasteiger partial charge in [0, 0.05) is 16.7 Å². The molecular weight excluding hydrogens is 256 g/mol. The van der Waals surface area contributed by atoms with E-state index < -0.39 is 0 Å². The molecule has 0 aliphatic carbocycles. The number of pyridine rings is 1. The maximum atomic E-state index is 9.22. The Bertz CT molecular complexity index is 647. The number of hydrogen-bond acceptors (Lipinski definition) is 4. The largest absolute Gasteiger partial charge is 0.455 e. The first-order valence-electron chi connectivity index (χ1n) is 5.85. The average molecular weight is 270 g/mol. The van der Waals surface area contributed by atoms with Gasteiger partial charge < -0.3 is 4.74 Å². The van der Waals surface area contributed by atoms with Crippen LogP contribution in [-0.4, -0.2) is 11.2 Å². The molecule has 0 N–H and O–H groups in total. The van der Waals surface area contributed by atoms with Crippen molar-refractivity contribution < 1.29 is 4.74 Å². The monoisotopic (exact) mass is 270 g/mol. The van der Waals surface area contributed by atoms with E-state index in [1.165, 1.54) is 0 Å². The van der Waals surface area contributed by atoms with Crippen LogP contribution in [0, 0.1) is 25.2 Å². The normalized spacial score (nSPS) is 10.0. The highest BCUT2D eigenvalue weighted by atomic mass is 32.2. The van der Waals surface area contributed by atoms with E-state index >= 15 is 0 Å². The van der Waals surface area contributed by atoms with E-state index in [0.29, 0.717) is 17.0 Å². The summed E-state index contributed by atoms with van der Waals surface area (Å²) in [5.74, 6) is 1.32. The third-order valence-corrected chi connectivity index (χ3v) is 3.47. The van der Waals surface area contributed by atoms with Gasteiger partial charge >= 0.3 is 0 Å². The number of thioether (sulfide) groups is 1. The quantitative estimate of drug-likeness (QED) is 0.788. The van der Waals surface area contributed by atoms with Crippen molar-refractivity contribution in [2.75, 3.05) is 6.26 Å². The third-order valence-electron chi connectivity index (χ3n) is 2.69. The Labute approximate surface area is 117 Å². The van der Waals surface area contributed by atoms with Gasteiger partial charge in [0.2, 0.25) is 0 Å². The second-order valence-electron chi connectivity index (χ2n) is 4.09. The number of nitrogens with zero attached hydrogens (tertiary/aromatic N) is 2. The number of rotatable bonds is 3. The van der Waals surface area contributed by atoms with Crippen LogP contribution in [0.25, 0.3) is 0 Å². The predicted octanol–water partition coefficient (Wildman–Crippen LogP) is 4.08. The number of aromatic nitrogens is 1. The summed E-state index contributed by atoms with van der Waals surface area (Å²) in [6, 6.07) is 11.7. The first kappa shape index (κ1) is 13.4. The molecule has 1 aromatic heterocycles. The van der Waals surface area contributed by atoms with Gasteiger partial charge in [-0.15, -0.1) is 11.8 Å². The Morgan fingerprint density at radius 2 is 1.95 bits per heavy atom. The minimum atomic E-state index is 0.488. The van der Waals surface area contributed by atoms with Crippen LogP contribution in [0.15, 0.2) is 35.2 Å². The Kier molecular flexibility index (Phi) is 4.08. The van der Waals surface area contributed by atoms with E-state index in [1.54, 1.807) is 17.8 Å². The van der Waals surface area contributed by atoms with Crippen LogP contribution in [0.5, 0.6) is 11.5 Å². The maximum Gasteiger partial charge on any atom is 0.148 e. The summed E-state index contributed by atoms with van der Waals surface area (Å²) in [5, 5.41) is 9.22. The molecule has 4 heteroatoms. The van der Waals surface area contributed by atoms with Gasteiger partial charge in [-0.2, -0.15) is 5.26 Å². The molecule has 0 bridgehead atoms. The molecule has 0 aliphatic rings. The second kappa shape index (κ2) is 5.77. The highest BCUT2D eigenvalue weighted by Gasteiger charge is 2.11. The Morgan fingerprint density at radius 3 is 2.63 bits per heavy atom. The van der Waals surface area contributed by atoms with E-state index in [0.717, 1.165) is 16.3 Å². The van der Waals surface area contributed by atoms with E-state index in [1.807, 2.05) is 44.4 Å². The first-order chi connectivity index (χ1) is 9.15. The maximum absolute atomic E-state index is 9.22. The molecule has 0 spiro atoms. The van der Waals surface area contributed by atoms with Crippen molar-refractivity contribution >= 4 is 11.8 Å². The summed E-state index contributed by atoms with van der Waals surface area (Å²) in [4.78, 5) is 5.32. The minimum Gasteiger partial charge on any atom is -0.455 e. The Balaban J connectivity index is 2.47. The Hall–Kier alpha value is -1.99. The van der Waals surface area contributed by atoms with Gasteiger partial charge in [-0.25, -0.2) is 0 Å². The summed E-state index contributed by atoms with van der Waals surface area (Å²) >= 11 is 1.61. The number of para-hydroxylation sites is 1. The number of aryl methyl sites for hydroxylation is 2. The summed E-state index contributed by atoms with van der Waals surface area (Å²) in [7, 11) is 0. The van der Waals surface area contributed by atoms with Crippen LogP contribution < -0.4 is 4.74 Å². The molecule has 1 aromatic carbocycles. The number of benzene rings is 1. The lowest BCUT2D eigenvalue weighted by Crippen LogP contribution is -1.96. The van der Waals surface area contributed by atoms with Crippen molar-refractivity contribution in [1.29, 1.82) is 5.26 Å². The van der Waals surface area contributed by atoms with Crippen molar-refractivity contribution in [3.63, 3.8) is 0 Å². The van der Waals surface area contributed by atoms with Gasteiger partial charge in [0.1, 0.15) is 23.1 Å². The fraction of sp³-hybridized carbons (Fsp3) is 0.200. The van der Waals surface area contributed by atoms with Crippen LogP contribution >= 0.6 is 11.8 Å². The van der Waals surface area contributed by atoms with Gasteiger partial charge in [0.05, 0.1) is 5.69 Å². The van der Waals surface area contributed by atoms with Gasteiger partial charge in [-0.1, -0.05) is 12.1 Å². The van der Waals surface area contributed by atoms with E-state index in [2.05, 4.69) is 11.1 Å². The van der Waals surface area contributed by atoms with Gasteiger partial charge in [-0.05, 0) is 32.2 Å². The Morgan fingerprint density at radius 1 is 1.21 bits per heavy atom. The molecule has 0 amide bonds. The third kappa shape index (κ3) is 2.88. The molecule has 0 unspecified atom stereocenters. The molecule has 0 atom stereocenters. The highest BCUT2D eigenvalue weighted by Crippen LogP contribution is 2.33. The molecule has 2 aromatic rings. The van der Waals surface area contributed by atoms with Crippen molar-refractivity contribution in [2.24, 2.45) is 0 Å². The van der Waals surface area contributed by atoms with Gasteiger partial charge in [-0.3, -0.25) is 4.98 Å². The summed E-state index contributed by atoms with van der Waals surface area (Å²) < 4.78 is 5.90. The fourth-order valence-electron chi connectivity index (χ4n) is 1.83. The molecule has 2 rings (SSSR count). The molecule has 19 heavy (non-hydrogen) atoms. The summed E-state index contributed by atoms with van der Waals surface area (Å²) in [6.07, 6.45) is 2.00. The predicted molar refractivity (Wildman–Crippen MR) is 76.7 cm³/mol. The van der Waals surface area contributed by atoms with Gasteiger partial charge in [0.15, 0.2) is 0 Å². The van der Waals surface area contributed by atoms with Crippen molar-refractivity contribution in [3.8, 4) is 17.6 Å². The topological polar surface area (TPSA) is 45.9 Å². The summed E-state index contributed by atoms with van der Waals surface area (Å²) in [6.45, 7) is 3.71. The van der Waals surface area contributed by atoms with Crippen LogP contribution in [-0.2, 0) is 0 Å². The molecule has 0 aliphatic heterocycles. The lowest BCUT2D eigenvalue weighted by atomic mass is 10.2. The zero-order valence-corrected chi connectivity index (χ0v) is 11.9. The number of ether oxygens (including phenoxy) is 1. The van der Waals surface area contributed by atoms with Crippen LogP contribution in [0.4, 0.5) is 0 Å². The fourth-order valence-corrected chi connectivity index (χ4v) is 2.36. The van der Waals surface area contributed by atoms with Crippen LogP contribution in [0.3, 0.4) is 0 Å². The molecule has 0 saturated carbocycles. The molecule has 3 nitrogen and oxygen atoms in total. The molecule has 1 heterocycles. The molecule has 0 radical (unpaired) electrons. The van der Waals surface area contributed by atoms with Crippen molar-refractivity contribution in [3.05, 3.63) is 47.3 Å². The lowest BCUT2D eigenvalue weighted by molar-refractivity contribution is 0.468. The number of nitriles is 1. The second-order valence-corrected chi connectivity index (χ2v) is 4.93. The molecule has 0 fully saturated rings. The zero-order chi connectivity index (χ0) is 13.8. The molecule has 96 valence electrons. The SMILES string of the molecule is CSc1ccccc1Oc1cc(C)nc(C)c1C#N. The average Bonchev–Trinajstić information content (AvgIpc) is 2.39.